The van der Waals surface area contributed by atoms with Crippen LogP contribution in [0, 0.1) is 11.7 Å². The van der Waals surface area contributed by atoms with Gasteiger partial charge in [-0.3, -0.25) is 4.79 Å². The van der Waals surface area contributed by atoms with Crippen LogP contribution in [0.25, 0.3) is 10.8 Å². The number of fused-ring (bicyclic) bond motifs is 1. The number of nitrogens with one attached hydrogen (secondary N) is 1. The summed E-state index contributed by atoms with van der Waals surface area (Å²) < 4.78 is 53.2. The van der Waals surface area contributed by atoms with E-state index in [1.54, 1.807) is 25.1 Å². The number of hydrogen-bond donors (Lipinski definition) is 1. The van der Waals surface area contributed by atoms with Gasteiger partial charge in [-0.2, -0.15) is 13.2 Å². The summed E-state index contributed by atoms with van der Waals surface area (Å²) in [6.45, 7) is 4.40. The Balaban J connectivity index is 2.06. The minimum absolute atomic E-state index is 0.0544. The standard InChI is InChI=1S/C24H25F4N3O2/c1-15(2)12-31(23(33)29-18-10-8-17(25)9-11-18)16(3)21-13-30(14-24(26,27)28)22(32)20-7-5-4-6-19(20)21/h4-11,13,15-16H,12,14H2,1-3H3,(H,29,33)/t16-/m1/s1. The van der Waals surface area contributed by atoms with Crippen molar-refractivity contribution in [3.8, 4) is 0 Å². The fourth-order valence-electron chi connectivity index (χ4n) is 3.72. The summed E-state index contributed by atoms with van der Waals surface area (Å²) in [6.07, 6.45) is -3.40. The molecule has 1 N–H and O–H groups in total. The van der Waals surface area contributed by atoms with E-state index < -0.39 is 36.2 Å². The zero-order chi connectivity index (χ0) is 24.3. The molecule has 0 unspecified atom stereocenters. The minimum Gasteiger partial charge on any atom is -0.317 e. The van der Waals surface area contributed by atoms with Crippen LogP contribution in [0.1, 0.15) is 32.4 Å². The number of alkyl halides is 3. The zero-order valence-electron chi connectivity index (χ0n) is 18.5. The third kappa shape index (κ3) is 5.91. The molecular formula is C24H25F4N3O2. The van der Waals surface area contributed by atoms with Crippen LogP contribution in [-0.2, 0) is 6.54 Å². The van der Waals surface area contributed by atoms with Crippen LogP contribution in [0.4, 0.5) is 28.0 Å². The summed E-state index contributed by atoms with van der Waals surface area (Å²) in [5.74, 6) is -0.391. The Morgan fingerprint density at radius 1 is 1.03 bits per heavy atom. The molecule has 2 amide bonds. The van der Waals surface area contributed by atoms with E-state index in [4.69, 9.17) is 0 Å². The van der Waals surface area contributed by atoms with Gasteiger partial charge in [0, 0.05) is 23.8 Å². The van der Waals surface area contributed by atoms with Gasteiger partial charge >= 0.3 is 12.2 Å². The molecule has 0 aliphatic rings. The van der Waals surface area contributed by atoms with Crippen LogP contribution in [0.5, 0.6) is 0 Å². The SMILES string of the molecule is CC(C)CN(C(=O)Nc1ccc(F)cc1)[C@H](C)c1cn(CC(F)(F)F)c(=O)c2ccccc12. The molecule has 1 aromatic heterocycles. The van der Waals surface area contributed by atoms with Crippen LogP contribution >= 0.6 is 0 Å². The molecule has 0 radical (unpaired) electrons. The smallest absolute Gasteiger partial charge is 0.317 e. The lowest BCUT2D eigenvalue weighted by atomic mass is 10.0. The summed E-state index contributed by atoms with van der Waals surface area (Å²) in [6, 6.07) is 10.5. The molecule has 176 valence electrons. The first kappa shape index (κ1) is 24.3. The number of aromatic nitrogens is 1. The Labute approximate surface area is 188 Å². The maximum atomic E-state index is 13.2. The van der Waals surface area contributed by atoms with Gasteiger partial charge in [0.2, 0.25) is 0 Å². The van der Waals surface area contributed by atoms with Crippen LogP contribution in [-0.4, -0.2) is 28.2 Å². The quantitative estimate of drug-likeness (QED) is 0.459. The third-order valence-electron chi connectivity index (χ3n) is 5.21. The van der Waals surface area contributed by atoms with Crippen molar-refractivity contribution in [2.75, 3.05) is 11.9 Å². The predicted molar refractivity (Wildman–Crippen MR) is 120 cm³/mol. The number of pyridine rings is 1. The Bertz CT molecular complexity index is 1190. The molecule has 1 heterocycles. The second-order valence-electron chi connectivity index (χ2n) is 8.34. The van der Waals surface area contributed by atoms with E-state index >= 15 is 0 Å². The molecule has 3 rings (SSSR count). The summed E-state index contributed by atoms with van der Waals surface area (Å²) in [7, 11) is 0. The molecule has 0 aliphatic carbocycles. The van der Waals surface area contributed by atoms with Crippen molar-refractivity contribution in [2.45, 2.75) is 39.5 Å². The van der Waals surface area contributed by atoms with Gasteiger partial charge in [-0.1, -0.05) is 32.0 Å². The van der Waals surface area contributed by atoms with Crippen molar-refractivity contribution in [3.05, 3.63) is 76.5 Å². The largest absolute Gasteiger partial charge is 0.406 e. The molecule has 3 aromatic rings. The van der Waals surface area contributed by atoms with Crippen LogP contribution in [0.2, 0.25) is 0 Å². The van der Waals surface area contributed by atoms with Gasteiger partial charge in [-0.05, 0) is 54.1 Å². The molecule has 33 heavy (non-hydrogen) atoms. The Hall–Kier alpha value is -3.36. The number of benzene rings is 2. The second kappa shape index (κ2) is 9.64. The van der Waals surface area contributed by atoms with Crippen molar-refractivity contribution in [1.29, 1.82) is 0 Å². The summed E-state index contributed by atoms with van der Waals surface area (Å²) in [5.41, 5.74) is 0.0589. The molecule has 2 aromatic carbocycles. The lowest BCUT2D eigenvalue weighted by Crippen LogP contribution is -2.40. The Morgan fingerprint density at radius 3 is 2.21 bits per heavy atom. The van der Waals surface area contributed by atoms with Crippen molar-refractivity contribution in [2.24, 2.45) is 5.92 Å². The van der Waals surface area contributed by atoms with E-state index in [9.17, 15) is 27.2 Å². The first-order valence-corrected chi connectivity index (χ1v) is 10.5. The molecular weight excluding hydrogens is 438 g/mol. The van der Waals surface area contributed by atoms with Crippen LogP contribution < -0.4 is 10.9 Å². The second-order valence-corrected chi connectivity index (χ2v) is 8.34. The van der Waals surface area contributed by atoms with Crippen molar-refractivity contribution < 1.29 is 22.4 Å². The number of nitrogens with zero attached hydrogens (tertiary/aromatic N) is 2. The number of hydrogen-bond acceptors (Lipinski definition) is 2. The molecule has 0 fully saturated rings. The van der Waals surface area contributed by atoms with Crippen molar-refractivity contribution >= 4 is 22.5 Å². The minimum atomic E-state index is -4.58. The molecule has 9 heteroatoms. The lowest BCUT2D eigenvalue weighted by Gasteiger charge is -2.32. The maximum Gasteiger partial charge on any atom is 0.406 e. The summed E-state index contributed by atoms with van der Waals surface area (Å²) in [5, 5.41) is 3.34. The number of anilines is 1. The monoisotopic (exact) mass is 463 g/mol. The van der Waals surface area contributed by atoms with Gasteiger partial charge in [-0.25, -0.2) is 9.18 Å². The lowest BCUT2D eigenvalue weighted by molar-refractivity contribution is -0.141. The highest BCUT2D eigenvalue weighted by atomic mass is 19.4. The highest BCUT2D eigenvalue weighted by molar-refractivity contribution is 5.91. The number of carbonyl (C=O) groups excluding carboxylic acids is 1. The van der Waals surface area contributed by atoms with Gasteiger partial charge in [-0.15, -0.1) is 0 Å². The maximum absolute atomic E-state index is 13.2. The number of rotatable bonds is 6. The summed E-state index contributed by atoms with van der Waals surface area (Å²) >= 11 is 0. The topological polar surface area (TPSA) is 54.3 Å². The van der Waals surface area contributed by atoms with E-state index in [1.165, 1.54) is 41.4 Å². The first-order valence-electron chi connectivity index (χ1n) is 10.5. The fraction of sp³-hybridized carbons (Fsp3) is 0.333. The number of amides is 2. The highest BCUT2D eigenvalue weighted by Crippen LogP contribution is 2.29. The highest BCUT2D eigenvalue weighted by Gasteiger charge is 2.30. The predicted octanol–water partition coefficient (Wildman–Crippen LogP) is 5.95. The molecule has 1 atom stereocenters. The third-order valence-corrected chi connectivity index (χ3v) is 5.21. The average molecular weight is 463 g/mol. The van der Waals surface area contributed by atoms with Crippen molar-refractivity contribution in [3.63, 3.8) is 0 Å². The first-order chi connectivity index (χ1) is 15.5. The molecule has 0 saturated carbocycles. The number of carbonyl (C=O) groups is 1. The number of urea groups is 1. The zero-order valence-corrected chi connectivity index (χ0v) is 18.5. The van der Waals surface area contributed by atoms with Crippen LogP contribution in [0.3, 0.4) is 0 Å². The van der Waals surface area contributed by atoms with Gasteiger partial charge in [0.15, 0.2) is 0 Å². The number of halogens is 4. The van der Waals surface area contributed by atoms with Gasteiger partial charge in [0.05, 0.1) is 6.04 Å². The van der Waals surface area contributed by atoms with E-state index in [1.807, 2.05) is 13.8 Å². The van der Waals surface area contributed by atoms with E-state index in [0.717, 1.165) is 0 Å². The summed E-state index contributed by atoms with van der Waals surface area (Å²) in [4.78, 5) is 27.3. The average Bonchev–Trinajstić information content (AvgIpc) is 2.74. The Kier molecular flexibility index (Phi) is 7.09. The molecule has 0 bridgehead atoms. The van der Waals surface area contributed by atoms with Gasteiger partial charge < -0.3 is 14.8 Å². The Morgan fingerprint density at radius 2 is 1.64 bits per heavy atom. The molecule has 0 saturated heterocycles. The normalized spacial score (nSPS) is 12.7. The van der Waals surface area contributed by atoms with E-state index in [2.05, 4.69) is 5.32 Å². The molecule has 0 aliphatic heterocycles. The van der Waals surface area contributed by atoms with Crippen LogP contribution in [0.15, 0.2) is 59.5 Å². The van der Waals surface area contributed by atoms with E-state index in [-0.39, 0.29) is 11.3 Å². The van der Waals surface area contributed by atoms with Gasteiger partial charge in [0.25, 0.3) is 5.56 Å². The fourth-order valence-corrected chi connectivity index (χ4v) is 3.72. The van der Waals surface area contributed by atoms with E-state index in [0.29, 0.717) is 27.7 Å². The molecule has 0 spiro atoms. The van der Waals surface area contributed by atoms with Crippen molar-refractivity contribution in [1.82, 2.24) is 9.47 Å². The van der Waals surface area contributed by atoms with Gasteiger partial charge in [0.1, 0.15) is 12.4 Å². The molecule has 5 nitrogen and oxygen atoms in total.